The minimum Gasteiger partial charge on any atom is -0.369 e. The predicted octanol–water partition coefficient (Wildman–Crippen LogP) is 3.15. The van der Waals surface area contributed by atoms with E-state index < -0.39 is 0 Å². The number of hydrogen-bond acceptors (Lipinski definition) is 3. The van der Waals surface area contributed by atoms with Gasteiger partial charge in [0, 0.05) is 43.3 Å². The highest BCUT2D eigenvalue weighted by Crippen LogP contribution is 2.32. The molecule has 3 fully saturated rings. The smallest absolute Gasteiger partial charge is 0.220 e. The first-order valence-electron chi connectivity index (χ1n) is 9.11. The fraction of sp³-hybridized carbons (Fsp3) is 0.632. The van der Waals surface area contributed by atoms with Crippen molar-refractivity contribution in [3.05, 3.63) is 30.3 Å². The van der Waals surface area contributed by atoms with E-state index in [2.05, 4.69) is 39.8 Å². The molecule has 1 aromatic carbocycles. The third-order valence-corrected chi connectivity index (χ3v) is 5.72. The first-order chi connectivity index (χ1) is 11.3. The number of anilines is 1. The third kappa shape index (κ3) is 5.02. The SMILES string of the molecule is Cl.Cl.O=C(CC1CC2CCC(C1)N2)NC1CCN(c2ccccc2)C1. The van der Waals surface area contributed by atoms with Gasteiger partial charge in [-0.3, -0.25) is 4.79 Å². The molecule has 0 spiro atoms. The van der Waals surface area contributed by atoms with E-state index in [0.717, 1.165) is 25.9 Å². The number of carbonyl (C=O) groups excluding carboxylic acids is 1. The molecule has 4 rings (SSSR count). The van der Waals surface area contributed by atoms with E-state index in [1.54, 1.807) is 0 Å². The maximum Gasteiger partial charge on any atom is 0.220 e. The van der Waals surface area contributed by atoms with Crippen LogP contribution in [-0.2, 0) is 4.79 Å². The molecule has 3 atom stereocenters. The van der Waals surface area contributed by atoms with Gasteiger partial charge in [0.1, 0.15) is 0 Å². The van der Waals surface area contributed by atoms with Crippen LogP contribution in [0.15, 0.2) is 30.3 Å². The molecular formula is C19H29Cl2N3O. The lowest BCUT2D eigenvalue weighted by atomic mass is 9.89. The molecule has 4 nitrogen and oxygen atoms in total. The number of para-hydroxylation sites is 1. The van der Waals surface area contributed by atoms with Crippen LogP contribution in [0.3, 0.4) is 0 Å². The van der Waals surface area contributed by atoms with E-state index in [1.807, 2.05) is 6.07 Å². The van der Waals surface area contributed by atoms with Gasteiger partial charge in [-0.05, 0) is 50.2 Å². The Morgan fingerprint density at radius 2 is 1.76 bits per heavy atom. The second-order valence-electron chi connectivity index (χ2n) is 7.51. The Labute approximate surface area is 162 Å². The number of rotatable bonds is 4. The molecule has 3 heterocycles. The van der Waals surface area contributed by atoms with Crippen molar-refractivity contribution in [1.29, 1.82) is 0 Å². The molecule has 2 N–H and O–H groups in total. The van der Waals surface area contributed by atoms with Crippen molar-refractivity contribution in [2.75, 3.05) is 18.0 Å². The standard InChI is InChI=1S/C19H27N3O.2ClH/c23-19(12-14-10-15-6-7-16(11-14)20-15)21-17-8-9-22(13-17)18-4-2-1-3-5-18;;/h1-5,14-17,20H,6-13H2,(H,21,23);2*1H. The summed E-state index contributed by atoms with van der Waals surface area (Å²) in [6.07, 6.45) is 6.75. The van der Waals surface area contributed by atoms with Crippen molar-refractivity contribution in [1.82, 2.24) is 10.6 Å². The fourth-order valence-electron chi connectivity index (χ4n) is 4.64. The van der Waals surface area contributed by atoms with Crippen molar-refractivity contribution < 1.29 is 4.79 Å². The van der Waals surface area contributed by atoms with Crippen LogP contribution in [0.1, 0.15) is 38.5 Å². The Morgan fingerprint density at radius 1 is 1.08 bits per heavy atom. The number of halogens is 2. The second kappa shape index (κ2) is 9.11. The molecule has 0 aliphatic carbocycles. The average molecular weight is 386 g/mol. The first kappa shape index (κ1) is 20.3. The van der Waals surface area contributed by atoms with Gasteiger partial charge >= 0.3 is 0 Å². The number of benzene rings is 1. The van der Waals surface area contributed by atoms with Crippen molar-refractivity contribution in [2.24, 2.45) is 5.92 Å². The summed E-state index contributed by atoms with van der Waals surface area (Å²) in [6.45, 7) is 1.97. The molecule has 0 radical (unpaired) electrons. The number of piperidine rings is 1. The van der Waals surface area contributed by atoms with Crippen molar-refractivity contribution in [3.63, 3.8) is 0 Å². The maximum atomic E-state index is 12.4. The number of carbonyl (C=O) groups is 1. The zero-order chi connectivity index (χ0) is 15.6. The maximum absolute atomic E-state index is 12.4. The Hall–Kier alpha value is -0.970. The normalized spacial score (nSPS) is 30.3. The highest BCUT2D eigenvalue weighted by Gasteiger charge is 2.34. The molecule has 25 heavy (non-hydrogen) atoms. The summed E-state index contributed by atoms with van der Waals surface area (Å²) in [5.41, 5.74) is 1.26. The van der Waals surface area contributed by atoms with Crippen molar-refractivity contribution in [2.45, 2.75) is 56.7 Å². The van der Waals surface area contributed by atoms with Gasteiger partial charge in [-0.2, -0.15) is 0 Å². The summed E-state index contributed by atoms with van der Waals surface area (Å²) < 4.78 is 0. The average Bonchev–Trinajstić information content (AvgIpc) is 3.15. The van der Waals surface area contributed by atoms with E-state index in [0.29, 0.717) is 24.0 Å². The van der Waals surface area contributed by atoms with Gasteiger partial charge in [-0.25, -0.2) is 0 Å². The van der Waals surface area contributed by atoms with Gasteiger partial charge in [0.15, 0.2) is 0 Å². The molecule has 3 saturated heterocycles. The van der Waals surface area contributed by atoms with Crippen LogP contribution < -0.4 is 15.5 Å². The lowest BCUT2D eigenvalue weighted by Crippen LogP contribution is -2.42. The predicted molar refractivity (Wildman–Crippen MR) is 107 cm³/mol. The summed E-state index contributed by atoms with van der Waals surface area (Å²) in [5.74, 6) is 0.844. The Kier molecular flexibility index (Phi) is 7.41. The minimum absolute atomic E-state index is 0. The van der Waals surface area contributed by atoms with Gasteiger partial charge < -0.3 is 15.5 Å². The molecule has 140 valence electrons. The zero-order valence-electron chi connectivity index (χ0n) is 14.5. The third-order valence-electron chi connectivity index (χ3n) is 5.72. The Morgan fingerprint density at radius 3 is 2.44 bits per heavy atom. The van der Waals surface area contributed by atoms with Crippen molar-refractivity contribution >= 4 is 36.4 Å². The van der Waals surface area contributed by atoms with Crippen LogP contribution in [-0.4, -0.2) is 37.1 Å². The van der Waals surface area contributed by atoms with Crippen LogP contribution >= 0.6 is 24.8 Å². The summed E-state index contributed by atoms with van der Waals surface area (Å²) in [6, 6.07) is 12.1. The lowest BCUT2D eigenvalue weighted by Gasteiger charge is -2.29. The molecule has 6 heteroatoms. The summed E-state index contributed by atoms with van der Waals surface area (Å²) in [7, 11) is 0. The van der Waals surface area contributed by atoms with Gasteiger partial charge in [-0.15, -0.1) is 24.8 Å². The lowest BCUT2D eigenvalue weighted by molar-refractivity contribution is -0.122. The van der Waals surface area contributed by atoms with Crippen LogP contribution in [0.5, 0.6) is 0 Å². The van der Waals surface area contributed by atoms with Crippen LogP contribution in [0.4, 0.5) is 5.69 Å². The second-order valence-corrected chi connectivity index (χ2v) is 7.51. The van der Waals surface area contributed by atoms with Crippen LogP contribution in [0, 0.1) is 5.92 Å². The first-order valence-corrected chi connectivity index (χ1v) is 9.11. The molecule has 2 bridgehead atoms. The molecule has 1 aromatic rings. The topological polar surface area (TPSA) is 44.4 Å². The highest BCUT2D eigenvalue weighted by molar-refractivity contribution is 5.85. The van der Waals surface area contributed by atoms with E-state index in [1.165, 1.54) is 31.4 Å². The quantitative estimate of drug-likeness (QED) is 0.836. The van der Waals surface area contributed by atoms with Gasteiger partial charge in [0.2, 0.25) is 5.91 Å². The van der Waals surface area contributed by atoms with E-state index in [-0.39, 0.29) is 30.7 Å². The van der Waals surface area contributed by atoms with Gasteiger partial charge in [0.25, 0.3) is 0 Å². The Balaban J connectivity index is 0.00000113. The number of fused-ring (bicyclic) bond motifs is 2. The number of nitrogens with zero attached hydrogens (tertiary/aromatic N) is 1. The van der Waals surface area contributed by atoms with E-state index in [4.69, 9.17) is 0 Å². The summed E-state index contributed by atoms with van der Waals surface area (Å²) >= 11 is 0. The summed E-state index contributed by atoms with van der Waals surface area (Å²) in [4.78, 5) is 14.8. The highest BCUT2D eigenvalue weighted by atomic mass is 35.5. The number of nitrogens with one attached hydrogen (secondary N) is 2. The molecule has 0 aromatic heterocycles. The number of hydrogen-bond donors (Lipinski definition) is 2. The molecule has 3 unspecified atom stereocenters. The van der Waals surface area contributed by atoms with E-state index in [9.17, 15) is 4.79 Å². The van der Waals surface area contributed by atoms with Crippen LogP contribution in [0.2, 0.25) is 0 Å². The molecule has 0 saturated carbocycles. The summed E-state index contributed by atoms with van der Waals surface area (Å²) in [5, 5.41) is 6.93. The molecule has 3 aliphatic rings. The largest absolute Gasteiger partial charge is 0.369 e. The molecular weight excluding hydrogens is 357 g/mol. The van der Waals surface area contributed by atoms with E-state index >= 15 is 0 Å². The van der Waals surface area contributed by atoms with Gasteiger partial charge in [0.05, 0.1) is 0 Å². The fourth-order valence-corrected chi connectivity index (χ4v) is 4.64. The zero-order valence-corrected chi connectivity index (χ0v) is 16.2. The number of amides is 1. The Bertz CT molecular complexity index is 545. The molecule has 3 aliphatic heterocycles. The van der Waals surface area contributed by atoms with Crippen molar-refractivity contribution in [3.8, 4) is 0 Å². The van der Waals surface area contributed by atoms with Gasteiger partial charge in [-0.1, -0.05) is 18.2 Å². The minimum atomic E-state index is 0. The van der Waals surface area contributed by atoms with Crippen LogP contribution in [0.25, 0.3) is 0 Å². The molecule has 1 amide bonds. The monoisotopic (exact) mass is 385 g/mol.